The highest BCUT2D eigenvalue weighted by molar-refractivity contribution is 5.82. The van der Waals surface area contributed by atoms with Crippen molar-refractivity contribution in [2.45, 2.75) is 0 Å². The standard InChI is InChI=1S/C15H12FN3O4/c16-12-7-5-11(6-8-12)9-17-18-15(20)10-23-14-4-2-1-3-13(14)19(21)22/h1-9H,10H2,(H,18,20). The zero-order valence-corrected chi connectivity index (χ0v) is 11.8. The van der Waals surface area contributed by atoms with Crippen molar-refractivity contribution in [1.29, 1.82) is 0 Å². The number of halogens is 1. The summed E-state index contributed by atoms with van der Waals surface area (Å²) in [6.07, 6.45) is 1.34. The molecule has 0 aliphatic heterocycles. The van der Waals surface area contributed by atoms with Crippen LogP contribution in [0.5, 0.6) is 5.75 Å². The molecule has 1 amide bonds. The van der Waals surface area contributed by atoms with E-state index >= 15 is 0 Å². The average molecular weight is 317 g/mol. The van der Waals surface area contributed by atoms with Gasteiger partial charge in [0.05, 0.1) is 11.1 Å². The molecular formula is C15H12FN3O4. The number of hydrazone groups is 1. The molecule has 0 saturated heterocycles. The zero-order valence-electron chi connectivity index (χ0n) is 11.8. The fraction of sp³-hybridized carbons (Fsp3) is 0.0667. The molecule has 0 unspecified atom stereocenters. The predicted octanol–water partition coefficient (Wildman–Crippen LogP) is 2.26. The van der Waals surface area contributed by atoms with Gasteiger partial charge in [-0.05, 0) is 23.8 Å². The number of carbonyl (C=O) groups excluding carboxylic acids is 1. The number of nitrogens with zero attached hydrogens (tertiary/aromatic N) is 2. The summed E-state index contributed by atoms with van der Waals surface area (Å²) in [5.74, 6) is -0.958. The monoisotopic (exact) mass is 317 g/mol. The van der Waals surface area contributed by atoms with E-state index in [0.717, 1.165) is 0 Å². The van der Waals surface area contributed by atoms with E-state index in [0.29, 0.717) is 5.56 Å². The second-order valence-corrected chi connectivity index (χ2v) is 4.36. The molecule has 0 atom stereocenters. The highest BCUT2D eigenvalue weighted by Gasteiger charge is 2.14. The first-order valence-corrected chi connectivity index (χ1v) is 6.50. The second kappa shape index (κ2) is 7.64. The van der Waals surface area contributed by atoms with Crippen LogP contribution in [0.15, 0.2) is 53.6 Å². The first kappa shape index (κ1) is 16.1. The third-order valence-corrected chi connectivity index (χ3v) is 2.69. The van der Waals surface area contributed by atoms with Gasteiger partial charge in [-0.1, -0.05) is 24.3 Å². The van der Waals surface area contributed by atoms with E-state index in [-0.39, 0.29) is 17.3 Å². The maximum Gasteiger partial charge on any atom is 0.310 e. The Balaban J connectivity index is 1.86. The van der Waals surface area contributed by atoms with E-state index in [1.54, 1.807) is 6.07 Å². The van der Waals surface area contributed by atoms with Crippen LogP contribution in [0.2, 0.25) is 0 Å². The molecule has 0 aliphatic carbocycles. The van der Waals surface area contributed by atoms with E-state index in [1.165, 1.54) is 48.7 Å². The molecule has 23 heavy (non-hydrogen) atoms. The Morgan fingerprint density at radius 3 is 2.65 bits per heavy atom. The number of nitrogens with one attached hydrogen (secondary N) is 1. The summed E-state index contributed by atoms with van der Waals surface area (Å²) in [5, 5.41) is 14.5. The molecule has 8 heteroatoms. The van der Waals surface area contributed by atoms with E-state index in [9.17, 15) is 19.3 Å². The largest absolute Gasteiger partial charge is 0.477 e. The third kappa shape index (κ3) is 4.88. The van der Waals surface area contributed by atoms with Crippen molar-refractivity contribution < 1.29 is 18.8 Å². The first-order chi connectivity index (χ1) is 11.1. The minimum absolute atomic E-state index is 0.00448. The van der Waals surface area contributed by atoms with Crippen LogP contribution in [0.25, 0.3) is 0 Å². The smallest absolute Gasteiger partial charge is 0.310 e. The van der Waals surface area contributed by atoms with E-state index < -0.39 is 17.4 Å². The molecule has 0 fully saturated rings. The van der Waals surface area contributed by atoms with Gasteiger partial charge in [0.25, 0.3) is 5.91 Å². The van der Waals surface area contributed by atoms with Gasteiger partial charge in [0, 0.05) is 6.07 Å². The summed E-state index contributed by atoms with van der Waals surface area (Å²) >= 11 is 0. The molecule has 0 aliphatic rings. The van der Waals surface area contributed by atoms with Crippen molar-refractivity contribution in [2.24, 2.45) is 5.10 Å². The summed E-state index contributed by atoms with van der Waals surface area (Å²) in [7, 11) is 0. The molecule has 0 saturated carbocycles. The Bertz CT molecular complexity index is 732. The third-order valence-electron chi connectivity index (χ3n) is 2.69. The Labute approximate surface area is 130 Å². The highest BCUT2D eigenvalue weighted by atomic mass is 19.1. The van der Waals surface area contributed by atoms with Gasteiger partial charge in [0.15, 0.2) is 12.4 Å². The molecule has 118 valence electrons. The maximum absolute atomic E-state index is 12.7. The predicted molar refractivity (Wildman–Crippen MR) is 80.7 cm³/mol. The van der Waals surface area contributed by atoms with Crippen LogP contribution < -0.4 is 10.2 Å². The van der Waals surface area contributed by atoms with Crippen molar-refractivity contribution in [1.82, 2.24) is 5.43 Å². The number of nitro groups is 1. The number of nitro benzene ring substituents is 1. The number of amides is 1. The van der Waals surface area contributed by atoms with Crippen molar-refractivity contribution in [2.75, 3.05) is 6.61 Å². The molecule has 2 rings (SSSR count). The molecule has 0 heterocycles. The SMILES string of the molecule is O=C(COc1ccccc1[N+](=O)[O-])NN=Cc1ccc(F)cc1. The zero-order chi connectivity index (χ0) is 16.7. The van der Waals surface area contributed by atoms with Gasteiger partial charge in [-0.25, -0.2) is 9.82 Å². The molecule has 0 aromatic heterocycles. The average Bonchev–Trinajstić information content (AvgIpc) is 2.55. The molecule has 2 aromatic rings. The lowest BCUT2D eigenvalue weighted by molar-refractivity contribution is -0.385. The van der Waals surface area contributed by atoms with Crippen LogP contribution in [0.3, 0.4) is 0 Å². The van der Waals surface area contributed by atoms with Gasteiger partial charge >= 0.3 is 5.69 Å². The maximum atomic E-state index is 12.7. The Morgan fingerprint density at radius 1 is 1.26 bits per heavy atom. The molecule has 1 N–H and O–H groups in total. The molecule has 0 radical (unpaired) electrons. The fourth-order valence-electron chi connectivity index (χ4n) is 1.63. The van der Waals surface area contributed by atoms with Gasteiger partial charge in [-0.15, -0.1) is 0 Å². The number of para-hydroxylation sites is 2. The summed E-state index contributed by atoms with van der Waals surface area (Å²) in [4.78, 5) is 21.8. The number of carbonyl (C=O) groups is 1. The van der Waals surface area contributed by atoms with Gasteiger partial charge < -0.3 is 4.74 Å². The molecule has 7 nitrogen and oxygen atoms in total. The lowest BCUT2D eigenvalue weighted by Crippen LogP contribution is -2.24. The minimum atomic E-state index is -0.597. The van der Waals surface area contributed by atoms with Crippen LogP contribution in [-0.2, 0) is 4.79 Å². The normalized spacial score (nSPS) is 10.5. The van der Waals surface area contributed by atoms with Gasteiger partial charge in [0.1, 0.15) is 5.82 Å². The van der Waals surface area contributed by atoms with Crippen LogP contribution in [0, 0.1) is 15.9 Å². The first-order valence-electron chi connectivity index (χ1n) is 6.50. The van der Waals surface area contributed by atoms with Crippen molar-refractivity contribution in [3.05, 3.63) is 70.0 Å². The molecule has 0 bridgehead atoms. The summed E-state index contributed by atoms with van der Waals surface area (Å²) < 4.78 is 17.8. The van der Waals surface area contributed by atoms with Gasteiger partial charge in [-0.3, -0.25) is 14.9 Å². The quantitative estimate of drug-likeness (QED) is 0.502. The van der Waals surface area contributed by atoms with E-state index in [2.05, 4.69) is 10.5 Å². The van der Waals surface area contributed by atoms with Crippen molar-refractivity contribution >= 4 is 17.8 Å². The summed E-state index contributed by atoms with van der Waals surface area (Å²) in [6, 6.07) is 11.3. The number of hydrogen-bond donors (Lipinski definition) is 1. The minimum Gasteiger partial charge on any atom is -0.477 e. The summed E-state index contributed by atoms with van der Waals surface area (Å²) in [5.41, 5.74) is 2.58. The topological polar surface area (TPSA) is 93.8 Å². The Hall–Kier alpha value is -3.29. The number of benzene rings is 2. The number of hydrogen-bond acceptors (Lipinski definition) is 5. The van der Waals surface area contributed by atoms with Gasteiger partial charge in [0.2, 0.25) is 0 Å². The molecule has 2 aromatic carbocycles. The van der Waals surface area contributed by atoms with Crippen LogP contribution >= 0.6 is 0 Å². The fourth-order valence-corrected chi connectivity index (χ4v) is 1.63. The Morgan fingerprint density at radius 2 is 1.96 bits per heavy atom. The lowest BCUT2D eigenvalue weighted by Gasteiger charge is -2.05. The van der Waals surface area contributed by atoms with Crippen LogP contribution in [-0.4, -0.2) is 23.7 Å². The van der Waals surface area contributed by atoms with Gasteiger partial charge in [-0.2, -0.15) is 5.10 Å². The molecular weight excluding hydrogens is 305 g/mol. The highest BCUT2D eigenvalue weighted by Crippen LogP contribution is 2.25. The van der Waals surface area contributed by atoms with Crippen molar-refractivity contribution in [3.8, 4) is 5.75 Å². The van der Waals surface area contributed by atoms with E-state index in [1.807, 2.05) is 0 Å². The number of ether oxygens (including phenoxy) is 1. The second-order valence-electron chi connectivity index (χ2n) is 4.36. The van der Waals surface area contributed by atoms with Crippen molar-refractivity contribution in [3.63, 3.8) is 0 Å². The van der Waals surface area contributed by atoms with E-state index in [4.69, 9.17) is 4.74 Å². The molecule has 0 spiro atoms. The van der Waals surface area contributed by atoms with Crippen LogP contribution in [0.1, 0.15) is 5.56 Å². The Kier molecular flexibility index (Phi) is 5.35. The number of rotatable bonds is 6. The summed E-state index contributed by atoms with van der Waals surface area (Å²) in [6.45, 7) is -0.425. The lowest BCUT2D eigenvalue weighted by atomic mass is 10.2. The van der Waals surface area contributed by atoms with Crippen LogP contribution in [0.4, 0.5) is 10.1 Å².